The highest BCUT2D eigenvalue weighted by Crippen LogP contribution is 2.11. The van der Waals surface area contributed by atoms with Gasteiger partial charge in [-0.1, -0.05) is 18.2 Å². The molecular weight excluding hydrogens is 400 g/mol. The van der Waals surface area contributed by atoms with Crippen molar-refractivity contribution in [2.45, 2.75) is 6.54 Å². The van der Waals surface area contributed by atoms with Crippen LogP contribution in [0.15, 0.2) is 82.5 Å². The minimum Gasteiger partial charge on any atom is -0.484 e. The van der Waals surface area contributed by atoms with E-state index < -0.39 is 11.8 Å². The zero-order valence-electron chi connectivity index (χ0n) is 16.4. The highest BCUT2D eigenvalue weighted by Gasteiger charge is 2.12. The summed E-state index contributed by atoms with van der Waals surface area (Å²) in [6, 6.07) is 18.8. The second-order valence-electron chi connectivity index (χ2n) is 6.23. The van der Waals surface area contributed by atoms with E-state index in [0.29, 0.717) is 29.3 Å². The second kappa shape index (κ2) is 11.0. The average Bonchev–Trinajstić information content (AvgIpc) is 3.31. The number of anilines is 1. The molecular formula is C22H20N4O5. The first-order valence-electron chi connectivity index (χ1n) is 9.31. The lowest BCUT2D eigenvalue weighted by Crippen LogP contribution is -2.32. The van der Waals surface area contributed by atoms with Gasteiger partial charge in [0.25, 0.3) is 5.91 Å². The maximum absolute atomic E-state index is 11.8. The average molecular weight is 420 g/mol. The van der Waals surface area contributed by atoms with Crippen LogP contribution < -0.4 is 20.8 Å². The summed E-state index contributed by atoms with van der Waals surface area (Å²) in [6.07, 6.45) is 2.92. The lowest BCUT2D eigenvalue weighted by atomic mass is 10.2. The van der Waals surface area contributed by atoms with Crippen LogP contribution in [0.25, 0.3) is 0 Å². The Kier molecular flexibility index (Phi) is 7.53. The molecule has 0 radical (unpaired) electrons. The van der Waals surface area contributed by atoms with Crippen molar-refractivity contribution in [3.05, 3.63) is 84.3 Å². The molecule has 0 saturated carbocycles. The van der Waals surface area contributed by atoms with Crippen LogP contribution in [0.3, 0.4) is 0 Å². The summed E-state index contributed by atoms with van der Waals surface area (Å²) in [7, 11) is 0. The third kappa shape index (κ3) is 7.17. The summed E-state index contributed by atoms with van der Waals surface area (Å²) in [5.41, 5.74) is 3.33. The summed E-state index contributed by atoms with van der Waals surface area (Å²) in [5.74, 6) is -0.838. The Morgan fingerprint density at radius 2 is 1.71 bits per heavy atom. The molecule has 1 heterocycles. The van der Waals surface area contributed by atoms with Crippen LogP contribution in [-0.4, -0.2) is 30.5 Å². The van der Waals surface area contributed by atoms with E-state index in [1.807, 2.05) is 0 Å². The van der Waals surface area contributed by atoms with Crippen molar-refractivity contribution in [1.82, 2.24) is 10.7 Å². The van der Waals surface area contributed by atoms with Gasteiger partial charge in [-0.2, -0.15) is 5.10 Å². The van der Waals surface area contributed by atoms with Crippen molar-refractivity contribution in [3.63, 3.8) is 0 Å². The number of carbonyl (C=O) groups excluding carboxylic acids is 3. The third-order valence-electron chi connectivity index (χ3n) is 3.91. The molecule has 2 aromatic carbocycles. The van der Waals surface area contributed by atoms with Crippen LogP contribution >= 0.6 is 0 Å². The summed E-state index contributed by atoms with van der Waals surface area (Å²) < 4.78 is 10.5. The second-order valence-corrected chi connectivity index (χ2v) is 6.23. The summed E-state index contributed by atoms with van der Waals surface area (Å²) in [6.45, 7) is 0.153. The third-order valence-corrected chi connectivity index (χ3v) is 3.91. The maximum Gasteiger partial charge on any atom is 0.329 e. The number of benzene rings is 2. The number of para-hydroxylation sites is 1. The van der Waals surface area contributed by atoms with Crippen LogP contribution in [0.4, 0.5) is 5.69 Å². The Hall–Kier alpha value is -4.40. The highest BCUT2D eigenvalue weighted by atomic mass is 16.5. The van der Waals surface area contributed by atoms with Gasteiger partial charge in [-0.05, 0) is 54.1 Å². The topological polar surface area (TPSA) is 122 Å². The zero-order chi connectivity index (χ0) is 21.9. The smallest absolute Gasteiger partial charge is 0.329 e. The van der Waals surface area contributed by atoms with Crippen LogP contribution in [0, 0.1) is 0 Å². The normalized spacial score (nSPS) is 10.5. The molecule has 3 N–H and O–H groups in total. The van der Waals surface area contributed by atoms with E-state index in [2.05, 4.69) is 21.2 Å². The SMILES string of the molecule is O=C(COc1ccc(/C=N\NC(=O)C(=O)Nc2ccccc2)cc1)NCc1ccco1. The quantitative estimate of drug-likeness (QED) is 0.293. The number of hydrogen-bond acceptors (Lipinski definition) is 6. The van der Waals surface area contributed by atoms with Crippen LogP contribution in [0.1, 0.15) is 11.3 Å². The van der Waals surface area contributed by atoms with E-state index in [4.69, 9.17) is 9.15 Å². The minimum absolute atomic E-state index is 0.138. The number of amides is 3. The number of rotatable bonds is 8. The largest absolute Gasteiger partial charge is 0.484 e. The van der Waals surface area contributed by atoms with Crippen molar-refractivity contribution in [1.29, 1.82) is 0 Å². The van der Waals surface area contributed by atoms with Crippen molar-refractivity contribution in [2.75, 3.05) is 11.9 Å². The number of hydrogen-bond donors (Lipinski definition) is 3. The molecule has 0 fully saturated rings. The minimum atomic E-state index is -0.888. The molecule has 0 aliphatic heterocycles. The fraction of sp³-hybridized carbons (Fsp3) is 0.0909. The van der Waals surface area contributed by atoms with Gasteiger partial charge in [-0.3, -0.25) is 14.4 Å². The number of furan rings is 1. The Bertz CT molecular complexity index is 1030. The Morgan fingerprint density at radius 1 is 0.935 bits per heavy atom. The van der Waals surface area contributed by atoms with Crippen LogP contribution in [0.5, 0.6) is 5.75 Å². The fourth-order valence-electron chi connectivity index (χ4n) is 2.37. The molecule has 0 atom stereocenters. The molecule has 3 amide bonds. The van der Waals surface area contributed by atoms with Crippen LogP contribution in [0.2, 0.25) is 0 Å². The highest BCUT2D eigenvalue weighted by molar-refractivity contribution is 6.39. The first-order chi connectivity index (χ1) is 15.1. The molecule has 0 spiro atoms. The van der Waals surface area contributed by atoms with Gasteiger partial charge in [0.2, 0.25) is 0 Å². The van der Waals surface area contributed by atoms with Gasteiger partial charge in [-0.15, -0.1) is 0 Å². The predicted molar refractivity (Wildman–Crippen MR) is 113 cm³/mol. The molecule has 9 heteroatoms. The van der Waals surface area contributed by atoms with E-state index in [1.165, 1.54) is 12.5 Å². The van der Waals surface area contributed by atoms with Gasteiger partial charge in [0.1, 0.15) is 11.5 Å². The molecule has 3 aromatic rings. The van der Waals surface area contributed by atoms with E-state index in [0.717, 1.165) is 0 Å². The van der Waals surface area contributed by atoms with Gasteiger partial charge in [-0.25, -0.2) is 5.43 Å². The lowest BCUT2D eigenvalue weighted by molar-refractivity contribution is -0.136. The first kappa shape index (κ1) is 21.3. The fourth-order valence-corrected chi connectivity index (χ4v) is 2.37. The Morgan fingerprint density at radius 3 is 2.42 bits per heavy atom. The molecule has 3 rings (SSSR count). The van der Waals surface area contributed by atoms with E-state index in [1.54, 1.807) is 66.7 Å². The van der Waals surface area contributed by atoms with Gasteiger partial charge in [0.05, 0.1) is 19.0 Å². The summed E-state index contributed by atoms with van der Waals surface area (Å²) >= 11 is 0. The van der Waals surface area contributed by atoms with Crippen molar-refractivity contribution < 1.29 is 23.5 Å². The molecule has 0 bridgehead atoms. The molecule has 0 aliphatic carbocycles. The molecule has 9 nitrogen and oxygen atoms in total. The molecule has 0 unspecified atom stereocenters. The first-order valence-corrected chi connectivity index (χ1v) is 9.31. The van der Waals surface area contributed by atoms with Crippen LogP contribution in [-0.2, 0) is 20.9 Å². The number of nitrogens with zero attached hydrogens (tertiary/aromatic N) is 1. The zero-order valence-corrected chi connectivity index (χ0v) is 16.4. The molecule has 0 saturated heterocycles. The van der Waals surface area contributed by atoms with Gasteiger partial charge in [0, 0.05) is 5.69 Å². The monoisotopic (exact) mass is 420 g/mol. The Labute approximate surface area is 178 Å². The number of nitrogens with one attached hydrogen (secondary N) is 3. The number of hydrazone groups is 1. The van der Waals surface area contributed by atoms with E-state index in [-0.39, 0.29) is 12.5 Å². The molecule has 31 heavy (non-hydrogen) atoms. The number of ether oxygens (including phenoxy) is 1. The predicted octanol–water partition coefficient (Wildman–Crippen LogP) is 2.06. The van der Waals surface area contributed by atoms with Crippen molar-refractivity contribution in [3.8, 4) is 5.75 Å². The molecule has 0 aliphatic rings. The molecule has 158 valence electrons. The van der Waals surface area contributed by atoms with Crippen molar-refractivity contribution >= 4 is 29.6 Å². The van der Waals surface area contributed by atoms with E-state index in [9.17, 15) is 14.4 Å². The lowest BCUT2D eigenvalue weighted by Gasteiger charge is -2.07. The maximum atomic E-state index is 11.8. The van der Waals surface area contributed by atoms with Gasteiger partial charge < -0.3 is 19.8 Å². The molecule has 1 aromatic heterocycles. The van der Waals surface area contributed by atoms with E-state index >= 15 is 0 Å². The summed E-state index contributed by atoms with van der Waals surface area (Å²) in [4.78, 5) is 35.3. The number of carbonyl (C=O) groups is 3. The van der Waals surface area contributed by atoms with Crippen molar-refractivity contribution in [2.24, 2.45) is 5.10 Å². The van der Waals surface area contributed by atoms with Gasteiger partial charge >= 0.3 is 11.8 Å². The summed E-state index contributed by atoms with van der Waals surface area (Å²) in [5, 5.41) is 8.89. The Balaban J connectivity index is 1.39. The van der Waals surface area contributed by atoms with Gasteiger partial charge in [0.15, 0.2) is 6.61 Å². The standard InChI is InChI=1S/C22H20N4O5/c27-20(23-14-19-7-4-12-30-19)15-31-18-10-8-16(9-11-18)13-24-26-22(29)21(28)25-17-5-2-1-3-6-17/h1-13H,14-15H2,(H,23,27)(H,25,28)(H,26,29)/b24-13-.